The van der Waals surface area contributed by atoms with Gasteiger partial charge in [0.05, 0.1) is 12.1 Å². The maximum Gasteiger partial charge on any atom is 0.237 e. The van der Waals surface area contributed by atoms with Gasteiger partial charge in [0.2, 0.25) is 5.91 Å². The van der Waals surface area contributed by atoms with E-state index in [2.05, 4.69) is 10.6 Å². The molecule has 1 aliphatic carbocycles. The van der Waals surface area contributed by atoms with E-state index in [1.807, 2.05) is 0 Å². The average Bonchev–Trinajstić information content (AvgIpc) is 3.04. The van der Waals surface area contributed by atoms with Gasteiger partial charge < -0.3 is 15.4 Å². The molecule has 4 nitrogen and oxygen atoms in total. The molecule has 2 saturated heterocycles. The van der Waals surface area contributed by atoms with Crippen molar-refractivity contribution in [2.45, 2.75) is 63.1 Å². The predicted molar refractivity (Wildman–Crippen MR) is 69.3 cm³/mol. The number of fused-ring (bicyclic) bond motifs is 1. The molecule has 4 heteroatoms. The summed E-state index contributed by atoms with van der Waals surface area (Å²) in [6.07, 6.45) is 8.70. The van der Waals surface area contributed by atoms with Gasteiger partial charge in [0.25, 0.3) is 0 Å². The minimum atomic E-state index is 0.0412. The normalized spacial score (nSPS) is 39.6. The van der Waals surface area contributed by atoms with Crippen molar-refractivity contribution in [2.24, 2.45) is 5.92 Å². The van der Waals surface area contributed by atoms with Gasteiger partial charge in [-0.1, -0.05) is 12.8 Å². The molecule has 4 atom stereocenters. The van der Waals surface area contributed by atoms with E-state index in [4.69, 9.17) is 4.74 Å². The number of ether oxygens (including phenoxy) is 1. The first-order valence-corrected chi connectivity index (χ1v) is 7.48. The van der Waals surface area contributed by atoms with Crippen LogP contribution in [0.25, 0.3) is 0 Å². The van der Waals surface area contributed by atoms with Crippen molar-refractivity contribution in [2.75, 3.05) is 13.2 Å². The first kappa shape index (κ1) is 12.4. The third-order valence-electron chi connectivity index (χ3n) is 4.71. The van der Waals surface area contributed by atoms with Gasteiger partial charge in [-0.15, -0.1) is 0 Å². The third-order valence-corrected chi connectivity index (χ3v) is 4.71. The monoisotopic (exact) mass is 252 g/mol. The number of amides is 1. The molecule has 2 aliphatic heterocycles. The molecule has 4 unspecified atom stereocenters. The van der Waals surface area contributed by atoms with Crippen LogP contribution in [0.5, 0.6) is 0 Å². The minimum Gasteiger partial charge on any atom is -0.376 e. The number of carbonyl (C=O) groups is 1. The average molecular weight is 252 g/mol. The van der Waals surface area contributed by atoms with E-state index in [1.165, 1.54) is 25.7 Å². The molecular weight excluding hydrogens is 228 g/mol. The molecule has 102 valence electrons. The highest BCUT2D eigenvalue weighted by Gasteiger charge is 2.38. The largest absolute Gasteiger partial charge is 0.376 e. The van der Waals surface area contributed by atoms with Crippen molar-refractivity contribution in [1.82, 2.24) is 10.6 Å². The van der Waals surface area contributed by atoms with Gasteiger partial charge in [-0.3, -0.25) is 4.79 Å². The lowest BCUT2D eigenvalue weighted by Crippen LogP contribution is -2.45. The Morgan fingerprint density at radius 2 is 2.11 bits per heavy atom. The molecule has 2 N–H and O–H groups in total. The second-order valence-electron chi connectivity index (χ2n) is 5.99. The highest BCUT2D eigenvalue weighted by Crippen LogP contribution is 2.33. The van der Waals surface area contributed by atoms with E-state index in [0.717, 1.165) is 31.8 Å². The van der Waals surface area contributed by atoms with Crippen LogP contribution in [0.1, 0.15) is 44.9 Å². The van der Waals surface area contributed by atoms with Crippen molar-refractivity contribution < 1.29 is 9.53 Å². The zero-order valence-corrected chi connectivity index (χ0v) is 11.0. The summed E-state index contributed by atoms with van der Waals surface area (Å²) in [6.45, 7) is 1.54. The smallest absolute Gasteiger partial charge is 0.237 e. The maximum absolute atomic E-state index is 12.1. The Kier molecular flexibility index (Phi) is 3.85. The standard InChI is InChI=1S/C14H24N2O2/c17-14(15-9-11-5-3-7-18-11)13-8-10-4-1-2-6-12(10)16-13/h10-13,16H,1-9H2,(H,15,17). The fourth-order valence-electron chi connectivity index (χ4n) is 3.66. The van der Waals surface area contributed by atoms with Crippen LogP contribution in [0.4, 0.5) is 0 Å². The van der Waals surface area contributed by atoms with Gasteiger partial charge >= 0.3 is 0 Å². The van der Waals surface area contributed by atoms with Crippen molar-refractivity contribution in [3.8, 4) is 0 Å². The quantitative estimate of drug-likeness (QED) is 0.793. The van der Waals surface area contributed by atoms with Crippen molar-refractivity contribution in [1.29, 1.82) is 0 Å². The fraction of sp³-hybridized carbons (Fsp3) is 0.929. The van der Waals surface area contributed by atoms with E-state index in [1.54, 1.807) is 0 Å². The summed E-state index contributed by atoms with van der Waals surface area (Å²) in [6, 6.07) is 0.636. The van der Waals surface area contributed by atoms with Gasteiger partial charge in [0.15, 0.2) is 0 Å². The maximum atomic E-state index is 12.1. The van der Waals surface area contributed by atoms with Gasteiger partial charge in [-0.05, 0) is 38.0 Å². The summed E-state index contributed by atoms with van der Waals surface area (Å²) in [5.74, 6) is 0.914. The predicted octanol–water partition coefficient (Wildman–Crippen LogP) is 1.20. The van der Waals surface area contributed by atoms with E-state index >= 15 is 0 Å². The molecule has 3 rings (SSSR count). The molecule has 18 heavy (non-hydrogen) atoms. The SMILES string of the molecule is O=C(NCC1CCCO1)C1CC2CCCCC2N1. The summed E-state index contributed by atoms with van der Waals surface area (Å²) >= 11 is 0. The molecule has 1 amide bonds. The Bertz CT molecular complexity index is 288. The van der Waals surface area contributed by atoms with E-state index in [0.29, 0.717) is 12.6 Å². The van der Waals surface area contributed by atoms with Crippen molar-refractivity contribution in [3.63, 3.8) is 0 Å². The summed E-state index contributed by atoms with van der Waals surface area (Å²) in [5, 5.41) is 6.56. The Balaban J connectivity index is 1.45. The molecule has 1 saturated carbocycles. The first-order chi connectivity index (χ1) is 8.83. The van der Waals surface area contributed by atoms with Crippen LogP contribution in [0.15, 0.2) is 0 Å². The Labute approximate surface area is 109 Å². The molecule has 0 spiro atoms. The Hall–Kier alpha value is -0.610. The molecule has 3 fully saturated rings. The Morgan fingerprint density at radius 3 is 2.89 bits per heavy atom. The van der Waals surface area contributed by atoms with Crippen LogP contribution in [0, 0.1) is 5.92 Å². The molecule has 0 aromatic heterocycles. The lowest BCUT2D eigenvalue weighted by atomic mass is 9.85. The third kappa shape index (κ3) is 2.69. The minimum absolute atomic E-state index is 0.0412. The molecule has 0 bridgehead atoms. The zero-order chi connectivity index (χ0) is 12.4. The van der Waals surface area contributed by atoms with E-state index in [-0.39, 0.29) is 18.1 Å². The molecule has 0 aromatic rings. The molecular formula is C14H24N2O2. The van der Waals surface area contributed by atoms with Crippen molar-refractivity contribution in [3.05, 3.63) is 0 Å². The molecule has 3 aliphatic rings. The topological polar surface area (TPSA) is 50.4 Å². The van der Waals surface area contributed by atoms with Crippen LogP contribution in [0.2, 0.25) is 0 Å². The molecule has 0 radical (unpaired) electrons. The lowest BCUT2D eigenvalue weighted by molar-refractivity contribution is -0.123. The number of carbonyl (C=O) groups excluding carboxylic acids is 1. The number of rotatable bonds is 3. The molecule has 2 heterocycles. The first-order valence-electron chi connectivity index (χ1n) is 7.48. The van der Waals surface area contributed by atoms with E-state index < -0.39 is 0 Å². The van der Waals surface area contributed by atoms with Gasteiger partial charge in [-0.25, -0.2) is 0 Å². The second kappa shape index (κ2) is 5.57. The van der Waals surface area contributed by atoms with Crippen LogP contribution in [-0.4, -0.2) is 37.2 Å². The van der Waals surface area contributed by atoms with Crippen LogP contribution < -0.4 is 10.6 Å². The van der Waals surface area contributed by atoms with E-state index in [9.17, 15) is 4.79 Å². The summed E-state index contributed by atoms with van der Waals surface area (Å²) in [7, 11) is 0. The fourth-order valence-corrected chi connectivity index (χ4v) is 3.66. The number of hydrogen-bond donors (Lipinski definition) is 2. The van der Waals surface area contributed by atoms with Crippen LogP contribution in [0.3, 0.4) is 0 Å². The zero-order valence-electron chi connectivity index (χ0n) is 11.0. The Morgan fingerprint density at radius 1 is 1.22 bits per heavy atom. The number of nitrogens with one attached hydrogen (secondary N) is 2. The van der Waals surface area contributed by atoms with Crippen LogP contribution >= 0.6 is 0 Å². The summed E-state index contributed by atoms with van der Waals surface area (Å²) in [5.41, 5.74) is 0. The molecule has 0 aromatic carbocycles. The number of hydrogen-bond acceptors (Lipinski definition) is 3. The summed E-state index contributed by atoms with van der Waals surface area (Å²) < 4.78 is 5.53. The second-order valence-corrected chi connectivity index (χ2v) is 5.99. The van der Waals surface area contributed by atoms with Crippen LogP contribution in [-0.2, 0) is 9.53 Å². The van der Waals surface area contributed by atoms with Gasteiger partial charge in [0.1, 0.15) is 0 Å². The lowest BCUT2D eigenvalue weighted by Gasteiger charge is -2.24. The summed E-state index contributed by atoms with van der Waals surface area (Å²) in [4.78, 5) is 12.1. The van der Waals surface area contributed by atoms with Crippen molar-refractivity contribution >= 4 is 5.91 Å². The van der Waals surface area contributed by atoms with Gasteiger partial charge in [-0.2, -0.15) is 0 Å². The highest BCUT2D eigenvalue weighted by atomic mass is 16.5. The highest BCUT2D eigenvalue weighted by molar-refractivity contribution is 5.82. The van der Waals surface area contributed by atoms with Gasteiger partial charge in [0, 0.05) is 19.2 Å².